The zero-order chi connectivity index (χ0) is 10.4. The molecule has 1 heterocycles. The molecule has 78 valence electrons. The van der Waals surface area contributed by atoms with Gasteiger partial charge in [0.2, 0.25) is 0 Å². The van der Waals surface area contributed by atoms with Gasteiger partial charge in [-0.1, -0.05) is 15.9 Å². The van der Waals surface area contributed by atoms with Crippen LogP contribution in [0, 0.1) is 0 Å². The fraction of sp³-hybridized carbons (Fsp3) is 0.364. The first-order valence-corrected chi connectivity index (χ1v) is 6.57. The largest absolute Gasteiger partial charge is 0.393 e. The van der Waals surface area contributed by atoms with Gasteiger partial charge in [0.1, 0.15) is 0 Å². The molecule has 1 aromatic heterocycles. The monoisotopic (exact) mass is 283 g/mol. The van der Waals surface area contributed by atoms with Crippen LogP contribution in [0.15, 0.2) is 22.7 Å². The number of nitrogens with zero attached hydrogens (tertiary/aromatic N) is 1. The third-order valence-electron chi connectivity index (χ3n) is 2.83. The second-order valence-electron chi connectivity index (χ2n) is 3.99. The molecule has 1 fully saturated rings. The van der Waals surface area contributed by atoms with Crippen molar-refractivity contribution < 1.29 is 5.11 Å². The number of aromatic nitrogens is 1. The number of aliphatic hydroxyl groups is 1. The lowest BCUT2D eigenvalue weighted by atomic mass is 9.83. The Morgan fingerprint density at radius 3 is 2.93 bits per heavy atom. The first kappa shape index (κ1) is 9.75. The molecular formula is C11H10BrNOS. The maximum absolute atomic E-state index is 9.27. The molecule has 2 nitrogen and oxygen atoms in total. The SMILES string of the molecule is OC1CC(c2nc3ccc(Br)cc3s2)C1. The number of rotatable bonds is 1. The van der Waals surface area contributed by atoms with E-state index in [2.05, 4.69) is 27.0 Å². The Morgan fingerprint density at radius 1 is 1.40 bits per heavy atom. The van der Waals surface area contributed by atoms with E-state index in [-0.39, 0.29) is 6.10 Å². The van der Waals surface area contributed by atoms with E-state index >= 15 is 0 Å². The summed E-state index contributed by atoms with van der Waals surface area (Å²) in [7, 11) is 0. The van der Waals surface area contributed by atoms with Crippen LogP contribution >= 0.6 is 27.3 Å². The van der Waals surface area contributed by atoms with Crippen LogP contribution < -0.4 is 0 Å². The van der Waals surface area contributed by atoms with E-state index in [0.29, 0.717) is 5.92 Å². The second-order valence-corrected chi connectivity index (χ2v) is 5.96. The fourth-order valence-corrected chi connectivity index (χ4v) is 3.53. The van der Waals surface area contributed by atoms with Crippen molar-refractivity contribution in [2.45, 2.75) is 24.9 Å². The van der Waals surface area contributed by atoms with E-state index < -0.39 is 0 Å². The molecule has 0 unspecified atom stereocenters. The third kappa shape index (κ3) is 1.71. The van der Waals surface area contributed by atoms with Crippen molar-refractivity contribution in [2.75, 3.05) is 0 Å². The predicted octanol–water partition coefficient (Wildman–Crippen LogP) is 3.30. The van der Waals surface area contributed by atoms with Gasteiger partial charge in [-0.05, 0) is 31.0 Å². The molecule has 1 aromatic carbocycles. The van der Waals surface area contributed by atoms with E-state index in [1.165, 1.54) is 9.71 Å². The summed E-state index contributed by atoms with van der Waals surface area (Å²) in [5, 5.41) is 10.4. The Balaban J connectivity index is 1.99. The molecule has 2 aromatic rings. The molecule has 1 saturated carbocycles. The summed E-state index contributed by atoms with van der Waals surface area (Å²) in [6.45, 7) is 0. The zero-order valence-electron chi connectivity index (χ0n) is 7.98. The van der Waals surface area contributed by atoms with Gasteiger partial charge >= 0.3 is 0 Å². The van der Waals surface area contributed by atoms with Gasteiger partial charge in [-0.3, -0.25) is 0 Å². The van der Waals surface area contributed by atoms with Crippen LogP contribution in [0.4, 0.5) is 0 Å². The van der Waals surface area contributed by atoms with Crippen LogP contribution in [0.5, 0.6) is 0 Å². The highest BCUT2D eigenvalue weighted by atomic mass is 79.9. The highest BCUT2D eigenvalue weighted by Gasteiger charge is 2.30. The molecule has 0 spiro atoms. The Kier molecular flexibility index (Phi) is 2.30. The third-order valence-corrected chi connectivity index (χ3v) is 4.50. The van der Waals surface area contributed by atoms with Gasteiger partial charge in [0.05, 0.1) is 21.3 Å². The molecule has 0 bridgehead atoms. The first-order chi connectivity index (χ1) is 7.22. The van der Waals surface area contributed by atoms with Crippen molar-refractivity contribution in [2.24, 2.45) is 0 Å². The van der Waals surface area contributed by atoms with Crippen LogP contribution in [-0.2, 0) is 0 Å². The fourth-order valence-electron chi connectivity index (χ4n) is 1.88. The second kappa shape index (κ2) is 3.54. The van der Waals surface area contributed by atoms with E-state index in [9.17, 15) is 5.11 Å². The van der Waals surface area contributed by atoms with Gasteiger partial charge < -0.3 is 5.11 Å². The average molecular weight is 284 g/mol. The number of thiazole rings is 1. The molecule has 0 radical (unpaired) electrons. The van der Waals surface area contributed by atoms with Crippen LogP contribution in [-0.4, -0.2) is 16.2 Å². The Hall–Kier alpha value is -0.450. The molecule has 1 aliphatic carbocycles. The smallest absolute Gasteiger partial charge is 0.0971 e. The number of hydrogen-bond acceptors (Lipinski definition) is 3. The van der Waals surface area contributed by atoms with Crippen molar-refractivity contribution in [1.82, 2.24) is 4.98 Å². The van der Waals surface area contributed by atoms with Gasteiger partial charge in [-0.15, -0.1) is 11.3 Å². The van der Waals surface area contributed by atoms with Gasteiger partial charge in [0, 0.05) is 10.4 Å². The van der Waals surface area contributed by atoms with Crippen molar-refractivity contribution in [3.05, 3.63) is 27.7 Å². The van der Waals surface area contributed by atoms with Crippen LogP contribution in [0.25, 0.3) is 10.2 Å². The number of fused-ring (bicyclic) bond motifs is 1. The summed E-state index contributed by atoms with van der Waals surface area (Å²) in [6.07, 6.45) is 1.65. The molecule has 4 heteroatoms. The van der Waals surface area contributed by atoms with E-state index in [0.717, 1.165) is 22.8 Å². The van der Waals surface area contributed by atoms with Crippen molar-refractivity contribution in [3.63, 3.8) is 0 Å². The maximum Gasteiger partial charge on any atom is 0.0971 e. The summed E-state index contributed by atoms with van der Waals surface area (Å²) in [5.74, 6) is 0.483. The predicted molar refractivity (Wildman–Crippen MR) is 65.3 cm³/mol. The molecule has 1 aliphatic rings. The minimum absolute atomic E-state index is 0.103. The lowest BCUT2D eigenvalue weighted by molar-refractivity contribution is 0.0746. The molecule has 3 rings (SSSR count). The summed E-state index contributed by atoms with van der Waals surface area (Å²) in [4.78, 5) is 4.60. The molecule has 0 amide bonds. The zero-order valence-corrected chi connectivity index (χ0v) is 10.4. The number of halogens is 1. The van der Waals surface area contributed by atoms with E-state index in [4.69, 9.17) is 0 Å². The highest BCUT2D eigenvalue weighted by molar-refractivity contribution is 9.10. The van der Waals surface area contributed by atoms with Crippen molar-refractivity contribution in [3.8, 4) is 0 Å². The highest BCUT2D eigenvalue weighted by Crippen LogP contribution is 2.40. The van der Waals surface area contributed by atoms with Gasteiger partial charge in [-0.2, -0.15) is 0 Å². The summed E-state index contributed by atoms with van der Waals surface area (Å²) >= 11 is 5.20. The van der Waals surface area contributed by atoms with Crippen LogP contribution in [0.1, 0.15) is 23.8 Å². The Morgan fingerprint density at radius 2 is 2.20 bits per heavy atom. The van der Waals surface area contributed by atoms with Gasteiger partial charge in [0.25, 0.3) is 0 Å². The summed E-state index contributed by atoms with van der Waals surface area (Å²) in [5.41, 5.74) is 1.07. The molecule has 0 aliphatic heterocycles. The number of hydrogen-bond donors (Lipinski definition) is 1. The Bertz CT molecular complexity index is 504. The summed E-state index contributed by atoms with van der Waals surface area (Å²) < 4.78 is 2.32. The van der Waals surface area contributed by atoms with Gasteiger partial charge in [-0.25, -0.2) is 4.98 Å². The topological polar surface area (TPSA) is 33.1 Å². The lowest BCUT2D eigenvalue weighted by Gasteiger charge is -2.29. The van der Waals surface area contributed by atoms with Gasteiger partial charge in [0.15, 0.2) is 0 Å². The average Bonchev–Trinajstić information content (AvgIpc) is 2.55. The number of aliphatic hydroxyl groups excluding tert-OH is 1. The number of benzene rings is 1. The molecule has 1 N–H and O–H groups in total. The quantitative estimate of drug-likeness (QED) is 0.871. The molecule has 0 saturated heterocycles. The first-order valence-electron chi connectivity index (χ1n) is 4.96. The standard InChI is InChI=1S/C11H10BrNOS/c12-7-1-2-9-10(5-7)15-11(13-9)6-3-8(14)4-6/h1-2,5-6,8,14H,3-4H2. The van der Waals surface area contributed by atoms with Crippen molar-refractivity contribution >= 4 is 37.5 Å². The Labute approximate surface area is 100 Å². The molecular weight excluding hydrogens is 274 g/mol. The molecule has 15 heavy (non-hydrogen) atoms. The minimum Gasteiger partial charge on any atom is -0.393 e. The van der Waals surface area contributed by atoms with E-state index in [1.807, 2.05) is 12.1 Å². The normalized spacial score (nSPS) is 25.5. The van der Waals surface area contributed by atoms with Crippen LogP contribution in [0.2, 0.25) is 0 Å². The molecule has 0 atom stereocenters. The lowest BCUT2D eigenvalue weighted by Crippen LogP contribution is -2.26. The maximum atomic E-state index is 9.27. The minimum atomic E-state index is -0.103. The van der Waals surface area contributed by atoms with Crippen molar-refractivity contribution in [1.29, 1.82) is 0 Å². The van der Waals surface area contributed by atoms with E-state index in [1.54, 1.807) is 11.3 Å². The van der Waals surface area contributed by atoms with Crippen LogP contribution in [0.3, 0.4) is 0 Å². The summed E-state index contributed by atoms with van der Waals surface area (Å²) in [6, 6.07) is 6.15.